The third-order valence-electron chi connectivity index (χ3n) is 5.68. The maximum atomic E-state index is 14.9. The van der Waals surface area contributed by atoms with Crippen molar-refractivity contribution in [3.8, 4) is 11.1 Å². The van der Waals surface area contributed by atoms with Gasteiger partial charge in [-0.05, 0) is 35.4 Å². The molecule has 7 nitrogen and oxygen atoms in total. The Morgan fingerprint density at radius 3 is 2.59 bits per heavy atom. The first-order valence-corrected chi connectivity index (χ1v) is 12.2. The van der Waals surface area contributed by atoms with Gasteiger partial charge in [-0.25, -0.2) is 9.18 Å². The van der Waals surface area contributed by atoms with E-state index in [0.717, 1.165) is 30.2 Å². The smallest absolute Gasteiger partial charge is 0.414 e. The minimum Gasteiger partial charge on any atom is -0.442 e. The number of rotatable bonds is 6. The molecule has 2 heterocycles. The number of carbonyl (C=O) groups excluding carboxylic acids is 3. The van der Waals surface area contributed by atoms with Crippen LogP contribution in [0.15, 0.2) is 48.5 Å². The van der Waals surface area contributed by atoms with Crippen LogP contribution >= 0.6 is 11.8 Å². The summed E-state index contributed by atoms with van der Waals surface area (Å²) >= 11 is 1.85. The van der Waals surface area contributed by atoms with Gasteiger partial charge in [-0.15, -0.1) is 0 Å². The van der Waals surface area contributed by atoms with E-state index in [9.17, 15) is 18.8 Å². The summed E-state index contributed by atoms with van der Waals surface area (Å²) in [5.41, 5.74) is 2.34. The van der Waals surface area contributed by atoms with Crippen LogP contribution in [0.3, 0.4) is 0 Å². The van der Waals surface area contributed by atoms with E-state index in [2.05, 4.69) is 5.32 Å². The zero-order chi connectivity index (χ0) is 24.1. The van der Waals surface area contributed by atoms with Crippen molar-refractivity contribution in [3.05, 3.63) is 59.9 Å². The fourth-order valence-electron chi connectivity index (χ4n) is 3.83. The van der Waals surface area contributed by atoms with Gasteiger partial charge in [0.25, 0.3) is 0 Å². The molecule has 2 saturated heterocycles. The first-order chi connectivity index (χ1) is 16.4. The number of anilines is 1. The third kappa shape index (κ3) is 5.77. The highest BCUT2D eigenvalue weighted by atomic mass is 32.2. The number of benzene rings is 2. The van der Waals surface area contributed by atoms with E-state index < -0.39 is 18.0 Å². The molecule has 0 spiro atoms. The highest BCUT2D eigenvalue weighted by molar-refractivity contribution is 7.99. The van der Waals surface area contributed by atoms with Gasteiger partial charge in [0.15, 0.2) is 0 Å². The van der Waals surface area contributed by atoms with Crippen LogP contribution in [0.2, 0.25) is 0 Å². The SMILES string of the molecule is CC(=O)NC[C@H]1CN(c2ccc(-c3ccc(/C=C/C(=O)N4CCSCC4)cc3)c(F)c2)C(=O)O1. The molecule has 0 aliphatic carbocycles. The van der Waals surface area contributed by atoms with E-state index >= 15 is 0 Å². The largest absolute Gasteiger partial charge is 0.442 e. The quantitative estimate of drug-likeness (QED) is 0.636. The molecule has 0 radical (unpaired) electrons. The Morgan fingerprint density at radius 2 is 1.91 bits per heavy atom. The first-order valence-electron chi connectivity index (χ1n) is 11.1. The van der Waals surface area contributed by atoms with Crippen LogP contribution in [-0.4, -0.2) is 66.6 Å². The summed E-state index contributed by atoms with van der Waals surface area (Å²) in [6.07, 6.45) is 2.29. The predicted molar refractivity (Wildman–Crippen MR) is 131 cm³/mol. The molecule has 9 heteroatoms. The topological polar surface area (TPSA) is 79.0 Å². The molecule has 2 aliphatic rings. The molecule has 2 aromatic carbocycles. The van der Waals surface area contributed by atoms with Gasteiger partial charge in [0.2, 0.25) is 11.8 Å². The van der Waals surface area contributed by atoms with Gasteiger partial charge >= 0.3 is 6.09 Å². The molecule has 1 N–H and O–H groups in total. The Morgan fingerprint density at radius 1 is 1.18 bits per heavy atom. The summed E-state index contributed by atoms with van der Waals surface area (Å²) in [6.45, 7) is 3.37. The monoisotopic (exact) mass is 483 g/mol. The highest BCUT2D eigenvalue weighted by Crippen LogP contribution is 2.29. The number of hydrogen-bond acceptors (Lipinski definition) is 5. The van der Waals surface area contributed by atoms with Crippen LogP contribution in [0.25, 0.3) is 17.2 Å². The molecule has 0 aromatic heterocycles. The van der Waals surface area contributed by atoms with Crippen molar-refractivity contribution in [2.24, 2.45) is 0 Å². The van der Waals surface area contributed by atoms with Gasteiger partial charge in [0, 0.05) is 43.2 Å². The fraction of sp³-hybridized carbons (Fsp3) is 0.320. The molecule has 2 aliphatic heterocycles. The lowest BCUT2D eigenvalue weighted by molar-refractivity contribution is -0.125. The second kappa shape index (κ2) is 10.7. The second-order valence-corrected chi connectivity index (χ2v) is 9.34. The van der Waals surface area contributed by atoms with Crippen molar-refractivity contribution in [2.75, 3.05) is 42.6 Å². The van der Waals surface area contributed by atoms with Crippen LogP contribution < -0.4 is 10.2 Å². The van der Waals surface area contributed by atoms with Gasteiger partial charge in [0.05, 0.1) is 18.8 Å². The van der Waals surface area contributed by atoms with Gasteiger partial charge in [-0.1, -0.05) is 24.3 Å². The van der Waals surface area contributed by atoms with Crippen molar-refractivity contribution >= 4 is 41.4 Å². The van der Waals surface area contributed by atoms with Crippen molar-refractivity contribution in [2.45, 2.75) is 13.0 Å². The van der Waals surface area contributed by atoms with E-state index in [0.29, 0.717) is 16.8 Å². The molecule has 2 aromatic rings. The first kappa shape index (κ1) is 23.8. The van der Waals surface area contributed by atoms with Crippen molar-refractivity contribution < 1.29 is 23.5 Å². The number of hydrogen-bond donors (Lipinski definition) is 1. The van der Waals surface area contributed by atoms with Crippen LogP contribution in [0.4, 0.5) is 14.9 Å². The summed E-state index contributed by atoms with van der Waals surface area (Å²) in [4.78, 5) is 38.7. The number of nitrogens with one attached hydrogen (secondary N) is 1. The Hall–Kier alpha value is -3.33. The average molecular weight is 484 g/mol. The van der Waals surface area contributed by atoms with E-state index in [-0.39, 0.29) is 24.9 Å². The highest BCUT2D eigenvalue weighted by Gasteiger charge is 2.32. The van der Waals surface area contributed by atoms with Crippen LogP contribution in [0, 0.1) is 5.82 Å². The summed E-state index contributed by atoms with van der Waals surface area (Å²) in [7, 11) is 0. The van der Waals surface area contributed by atoms with Crippen molar-refractivity contribution in [1.29, 1.82) is 0 Å². The third-order valence-corrected chi connectivity index (χ3v) is 6.62. The molecular weight excluding hydrogens is 457 g/mol. The lowest BCUT2D eigenvalue weighted by Gasteiger charge is -2.25. The molecule has 3 amide bonds. The summed E-state index contributed by atoms with van der Waals surface area (Å²) < 4.78 is 20.2. The number of carbonyl (C=O) groups is 3. The fourth-order valence-corrected chi connectivity index (χ4v) is 4.74. The zero-order valence-electron chi connectivity index (χ0n) is 18.8. The summed E-state index contributed by atoms with van der Waals surface area (Å²) in [6, 6.07) is 11.9. The molecule has 0 saturated carbocycles. The molecule has 178 valence electrons. The summed E-state index contributed by atoms with van der Waals surface area (Å²) in [5.74, 6) is 1.27. The molecule has 34 heavy (non-hydrogen) atoms. The van der Waals surface area contributed by atoms with Gasteiger partial charge in [-0.3, -0.25) is 14.5 Å². The van der Waals surface area contributed by atoms with E-state index in [4.69, 9.17) is 4.74 Å². The van der Waals surface area contributed by atoms with Gasteiger partial charge < -0.3 is 15.0 Å². The van der Waals surface area contributed by atoms with Crippen molar-refractivity contribution in [1.82, 2.24) is 10.2 Å². The van der Waals surface area contributed by atoms with Crippen molar-refractivity contribution in [3.63, 3.8) is 0 Å². The normalized spacial score (nSPS) is 18.3. The number of ether oxygens (including phenoxy) is 1. The minimum atomic E-state index is -0.573. The van der Waals surface area contributed by atoms with Gasteiger partial charge in [0.1, 0.15) is 11.9 Å². The van der Waals surface area contributed by atoms with E-state index in [1.165, 1.54) is 17.9 Å². The lowest BCUT2D eigenvalue weighted by Crippen LogP contribution is -2.36. The number of cyclic esters (lactones) is 1. The van der Waals surface area contributed by atoms with Crippen LogP contribution in [0.5, 0.6) is 0 Å². The molecule has 1 atom stereocenters. The number of amides is 3. The predicted octanol–water partition coefficient (Wildman–Crippen LogP) is 3.54. The Bertz CT molecular complexity index is 1100. The summed E-state index contributed by atoms with van der Waals surface area (Å²) in [5, 5.41) is 2.61. The van der Waals surface area contributed by atoms with E-state index in [1.807, 2.05) is 28.8 Å². The Kier molecular flexibility index (Phi) is 7.52. The molecular formula is C25H26FN3O4S. The minimum absolute atomic E-state index is 0.00534. The molecule has 2 fully saturated rings. The second-order valence-electron chi connectivity index (χ2n) is 8.11. The molecule has 0 unspecified atom stereocenters. The number of halogens is 1. The van der Waals surface area contributed by atoms with Crippen LogP contribution in [-0.2, 0) is 14.3 Å². The Balaban J connectivity index is 1.41. The molecule has 4 rings (SSSR count). The molecule has 0 bridgehead atoms. The standard InChI is InChI=1S/C25H26FN3O4S/c1-17(30)27-15-21-16-29(25(32)33-21)20-7-8-22(23(26)14-20)19-5-2-18(3-6-19)4-9-24(31)28-10-12-34-13-11-28/h2-9,14,21H,10-13,15-16H2,1H3,(H,27,30)/b9-4+/t21-/m0/s1. The van der Waals surface area contributed by atoms with Crippen LogP contribution in [0.1, 0.15) is 12.5 Å². The maximum Gasteiger partial charge on any atom is 0.414 e. The number of nitrogens with zero attached hydrogens (tertiary/aromatic N) is 2. The average Bonchev–Trinajstić information content (AvgIpc) is 3.22. The number of thioether (sulfide) groups is 1. The lowest BCUT2D eigenvalue weighted by atomic mass is 10.0. The van der Waals surface area contributed by atoms with E-state index in [1.54, 1.807) is 36.4 Å². The Labute approximate surface area is 201 Å². The maximum absolute atomic E-state index is 14.9. The van der Waals surface area contributed by atoms with Gasteiger partial charge in [-0.2, -0.15) is 11.8 Å². The zero-order valence-corrected chi connectivity index (χ0v) is 19.6.